The molecular formula is C21H18FN5O. The number of pyridine rings is 1. The van der Waals surface area contributed by atoms with Gasteiger partial charge in [-0.1, -0.05) is 0 Å². The number of aromatic amines is 1. The third-order valence-corrected chi connectivity index (χ3v) is 5.25. The molecule has 28 heavy (non-hydrogen) atoms. The van der Waals surface area contributed by atoms with E-state index in [1.807, 2.05) is 25.1 Å². The highest BCUT2D eigenvalue weighted by molar-refractivity contribution is 6.00. The van der Waals surface area contributed by atoms with Crippen LogP contribution in [0.2, 0.25) is 0 Å². The molecule has 1 aliphatic carbocycles. The molecule has 1 saturated carbocycles. The lowest BCUT2D eigenvalue weighted by molar-refractivity contribution is -0.117. The molecular weight excluding hydrogens is 357 g/mol. The van der Waals surface area contributed by atoms with Gasteiger partial charge in [0.25, 0.3) is 0 Å². The van der Waals surface area contributed by atoms with Crippen LogP contribution in [0.15, 0.2) is 42.9 Å². The molecule has 2 atom stereocenters. The number of benzene rings is 2. The molecule has 2 unspecified atom stereocenters. The highest BCUT2D eigenvalue weighted by atomic mass is 19.1. The maximum atomic E-state index is 13.1. The van der Waals surface area contributed by atoms with Gasteiger partial charge in [-0.15, -0.1) is 0 Å². The van der Waals surface area contributed by atoms with E-state index in [1.54, 1.807) is 18.6 Å². The molecule has 2 aromatic heterocycles. The molecule has 0 spiro atoms. The Morgan fingerprint density at radius 3 is 2.86 bits per heavy atom. The number of halogens is 1. The zero-order chi connectivity index (χ0) is 19.4. The van der Waals surface area contributed by atoms with Gasteiger partial charge < -0.3 is 16.0 Å². The van der Waals surface area contributed by atoms with E-state index in [0.29, 0.717) is 11.5 Å². The van der Waals surface area contributed by atoms with Gasteiger partial charge in [-0.2, -0.15) is 0 Å². The first-order valence-corrected chi connectivity index (χ1v) is 9.08. The third-order valence-electron chi connectivity index (χ3n) is 5.25. The molecule has 1 aliphatic rings. The lowest BCUT2D eigenvalue weighted by atomic mass is 9.96. The number of nitrogens with zero attached hydrogens (tertiary/aromatic N) is 2. The molecule has 0 aliphatic heterocycles. The summed E-state index contributed by atoms with van der Waals surface area (Å²) in [5, 5.41) is 4.35. The number of anilines is 2. The number of aromatic nitrogens is 3. The highest BCUT2D eigenvalue weighted by Gasteiger charge is 2.43. The molecule has 7 heteroatoms. The lowest BCUT2D eigenvalue weighted by Gasteiger charge is -2.11. The second-order valence-electron chi connectivity index (χ2n) is 7.29. The van der Waals surface area contributed by atoms with Crippen LogP contribution < -0.4 is 11.1 Å². The van der Waals surface area contributed by atoms with Crippen LogP contribution in [0.4, 0.5) is 15.9 Å². The van der Waals surface area contributed by atoms with Gasteiger partial charge in [0, 0.05) is 17.3 Å². The number of nitrogens with two attached hydrogens (primary N) is 1. The van der Waals surface area contributed by atoms with E-state index in [2.05, 4.69) is 26.3 Å². The number of hydrogen-bond acceptors (Lipinski definition) is 4. The molecule has 6 nitrogen and oxygen atoms in total. The summed E-state index contributed by atoms with van der Waals surface area (Å²) >= 11 is 0. The molecule has 1 amide bonds. The first kappa shape index (κ1) is 16.7. The molecule has 1 fully saturated rings. The number of imidazole rings is 1. The second-order valence-corrected chi connectivity index (χ2v) is 7.29. The molecule has 0 radical (unpaired) electrons. The normalized spacial score (nSPS) is 18.5. The minimum atomic E-state index is -1.04. The zero-order valence-electron chi connectivity index (χ0n) is 15.2. The number of amides is 1. The van der Waals surface area contributed by atoms with Crippen molar-refractivity contribution in [1.29, 1.82) is 0 Å². The smallest absolute Gasteiger partial charge is 0.231 e. The number of nitrogens with one attached hydrogen (secondary N) is 2. The van der Waals surface area contributed by atoms with Crippen LogP contribution in [-0.2, 0) is 4.79 Å². The standard InChI is InChI=1S/C21H18FN5O/c1-10-2-18-19(26-9-25-18)7-13(10)11-3-12-5-20(24-8-15(12)17(23)4-11)27-21(28)14-6-16(14)22/h2-5,7-9,14,16H,6,23H2,1H3,(H,25,26)(H,24,27,28). The van der Waals surface area contributed by atoms with Crippen LogP contribution in [0.25, 0.3) is 32.9 Å². The predicted octanol–water partition coefficient (Wildman–Crippen LogP) is 3.97. The van der Waals surface area contributed by atoms with Gasteiger partial charge in [-0.05, 0) is 65.8 Å². The van der Waals surface area contributed by atoms with Crippen molar-refractivity contribution in [1.82, 2.24) is 15.0 Å². The maximum absolute atomic E-state index is 13.1. The van der Waals surface area contributed by atoms with E-state index in [9.17, 15) is 9.18 Å². The summed E-state index contributed by atoms with van der Waals surface area (Å²) in [4.78, 5) is 23.7. The average Bonchev–Trinajstić information content (AvgIpc) is 3.22. The summed E-state index contributed by atoms with van der Waals surface area (Å²) in [5.74, 6) is -0.493. The van der Waals surface area contributed by atoms with E-state index in [-0.39, 0.29) is 12.3 Å². The van der Waals surface area contributed by atoms with E-state index in [4.69, 9.17) is 5.73 Å². The monoisotopic (exact) mass is 375 g/mol. The number of nitrogen functional groups attached to an aromatic ring is 1. The van der Waals surface area contributed by atoms with Gasteiger partial charge in [0.05, 0.1) is 23.3 Å². The van der Waals surface area contributed by atoms with Crippen LogP contribution in [0.3, 0.4) is 0 Å². The van der Waals surface area contributed by atoms with Crippen molar-refractivity contribution in [3.63, 3.8) is 0 Å². The number of aryl methyl sites for hydroxylation is 1. The molecule has 4 N–H and O–H groups in total. The third kappa shape index (κ3) is 2.76. The Morgan fingerprint density at radius 1 is 1.25 bits per heavy atom. The lowest BCUT2D eigenvalue weighted by Crippen LogP contribution is -2.15. The summed E-state index contributed by atoms with van der Waals surface area (Å²) in [5.41, 5.74) is 11.8. The summed E-state index contributed by atoms with van der Waals surface area (Å²) in [7, 11) is 0. The van der Waals surface area contributed by atoms with Gasteiger partial charge >= 0.3 is 0 Å². The number of rotatable bonds is 3. The van der Waals surface area contributed by atoms with Gasteiger partial charge in [-0.25, -0.2) is 14.4 Å². The fraction of sp³-hybridized carbons (Fsp3) is 0.190. The summed E-state index contributed by atoms with van der Waals surface area (Å²) < 4.78 is 13.1. The van der Waals surface area contributed by atoms with Gasteiger partial charge in [0.2, 0.25) is 5.91 Å². The van der Waals surface area contributed by atoms with Crippen molar-refractivity contribution < 1.29 is 9.18 Å². The zero-order valence-corrected chi connectivity index (χ0v) is 15.2. The van der Waals surface area contributed by atoms with E-state index in [0.717, 1.165) is 38.5 Å². The van der Waals surface area contributed by atoms with Crippen molar-refractivity contribution in [2.75, 3.05) is 11.1 Å². The SMILES string of the molecule is Cc1cc2[nH]cnc2cc1-c1cc(N)c2cnc(NC(=O)C3CC3F)cc2c1. The average molecular weight is 375 g/mol. The van der Waals surface area contributed by atoms with E-state index in [1.165, 1.54) is 0 Å². The predicted molar refractivity (Wildman–Crippen MR) is 108 cm³/mol. The van der Waals surface area contributed by atoms with E-state index < -0.39 is 12.1 Å². The minimum absolute atomic E-state index is 0.283. The molecule has 0 saturated heterocycles. The number of alkyl halides is 1. The highest BCUT2D eigenvalue weighted by Crippen LogP contribution is 2.36. The Morgan fingerprint density at radius 2 is 2.07 bits per heavy atom. The molecule has 2 aromatic carbocycles. The van der Waals surface area contributed by atoms with Gasteiger partial charge in [0.15, 0.2) is 0 Å². The molecule has 5 rings (SSSR count). The molecule has 4 aromatic rings. The van der Waals surface area contributed by atoms with Crippen LogP contribution in [0, 0.1) is 12.8 Å². The topological polar surface area (TPSA) is 96.7 Å². The fourth-order valence-corrected chi connectivity index (χ4v) is 3.57. The number of H-pyrrole nitrogens is 1. The summed E-state index contributed by atoms with van der Waals surface area (Å²) in [6, 6.07) is 9.78. The number of hydrogen-bond donors (Lipinski definition) is 3. The Hall–Kier alpha value is -3.48. The van der Waals surface area contributed by atoms with Crippen LogP contribution in [0.5, 0.6) is 0 Å². The second kappa shape index (κ2) is 6.02. The minimum Gasteiger partial charge on any atom is -0.398 e. The fourth-order valence-electron chi connectivity index (χ4n) is 3.57. The Labute approximate surface area is 160 Å². The van der Waals surface area contributed by atoms with Gasteiger partial charge in [0.1, 0.15) is 12.0 Å². The van der Waals surface area contributed by atoms with Crippen LogP contribution in [0.1, 0.15) is 12.0 Å². The van der Waals surface area contributed by atoms with E-state index >= 15 is 0 Å². The number of fused-ring (bicyclic) bond motifs is 2. The number of carbonyl (C=O) groups excluding carboxylic acids is 1. The maximum Gasteiger partial charge on any atom is 0.231 e. The van der Waals surface area contributed by atoms with Crippen molar-refractivity contribution in [3.05, 3.63) is 48.4 Å². The van der Waals surface area contributed by atoms with Crippen molar-refractivity contribution in [2.24, 2.45) is 5.92 Å². The Kier molecular flexibility index (Phi) is 3.58. The summed E-state index contributed by atoms with van der Waals surface area (Å²) in [6.45, 7) is 2.04. The first-order chi connectivity index (χ1) is 13.5. The molecule has 2 heterocycles. The Bertz CT molecular complexity index is 1250. The van der Waals surface area contributed by atoms with Crippen molar-refractivity contribution in [3.8, 4) is 11.1 Å². The quantitative estimate of drug-likeness (QED) is 0.472. The first-order valence-electron chi connectivity index (χ1n) is 9.08. The summed E-state index contributed by atoms with van der Waals surface area (Å²) in [6.07, 6.45) is 2.55. The van der Waals surface area contributed by atoms with Gasteiger partial charge in [-0.3, -0.25) is 4.79 Å². The molecule has 0 bridgehead atoms. The Balaban J connectivity index is 1.57. The van der Waals surface area contributed by atoms with Crippen LogP contribution in [-0.4, -0.2) is 27.0 Å². The van der Waals surface area contributed by atoms with Crippen molar-refractivity contribution in [2.45, 2.75) is 19.5 Å². The molecule has 140 valence electrons. The van der Waals surface area contributed by atoms with Crippen LogP contribution >= 0.6 is 0 Å². The van der Waals surface area contributed by atoms with Crippen molar-refractivity contribution >= 4 is 39.2 Å². The number of carbonyl (C=O) groups is 1. The largest absolute Gasteiger partial charge is 0.398 e.